The normalized spacial score (nSPS) is 39.4. The largest absolute Gasteiger partial charge is 0.469 e. The molecule has 4 aliphatic carbocycles. The molecule has 5 rings (SSSR count). The number of esters is 1. The van der Waals surface area contributed by atoms with Gasteiger partial charge in [-0.2, -0.15) is 8.42 Å². The number of methoxy groups -OCH3 is 1. The second-order valence-electron chi connectivity index (χ2n) is 11.7. The third-order valence-corrected chi connectivity index (χ3v) is 11.5. The minimum absolute atomic E-state index is 0.0257. The van der Waals surface area contributed by atoms with Crippen LogP contribution in [0.25, 0.3) is 0 Å². The molecule has 3 fully saturated rings. The van der Waals surface area contributed by atoms with Gasteiger partial charge in [-0.25, -0.2) is 0 Å². The van der Waals surface area contributed by atoms with Crippen molar-refractivity contribution in [3.63, 3.8) is 0 Å². The van der Waals surface area contributed by atoms with Crippen molar-refractivity contribution < 1.29 is 22.1 Å². The predicted octanol–water partition coefficient (Wildman–Crippen LogP) is 5.82. The summed E-state index contributed by atoms with van der Waals surface area (Å²) in [6, 6.07) is 6.87. The van der Waals surface area contributed by atoms with Crippen molar-refractivity contribution in [1.82, 2.24) is 0 Å². The van der Waals surface area contributed by atoms with Crippen LogP contribution in [0.1, 0.15) is 70.8 Å². The molecular formula is C28H38O5S. The van der Waals surface area contributed by atoms with E-state index in [-0.39, 0.29) is 33.7 Å². The van der Waals surface area contributed by atoms with E-state index in [1.54, 1.807) is 12.1 Å². The van der Waals surface area contributed by atoms with Gasteiger partial charge < -0.3 is 4.74 Å². The predicted molar refractivity (Wildman–Crippen MR) is 130 cm³/mol. The summed E-state index contributed by atoms with van der Waals surface area (Å²) in [5.74, 6) is 1.74. The van der Waals surface area contributed by atoms with Crippen LogP contribution in [-0.2, 0) is 23.8 Å². The number of benzene rings is 1. The van der Waals surface area contributed by atoms with Gasteiger partial charge in [0.25, 0.3) is 10.1 Å². The molecule has 1 aromatic carbocycles. The van der Waals surface area contributed by atoms with Gasteiger partial charge in [0.2, 0.25) is 0 Å². The Kier molecular flexibility index (Phi) is 6.00. The van der Waals surface area contributed by atoms with Crippen LogP contribution in [0, 0.1) is 41.4 Å². The lowest BCUT2D eigenvalue weighted by atomic mass is 9.47. The fourth-order valence-electron chi connectivity index (χ4n) is 8.18. The lowest BCUT2D eigenvalue weighted by Gasteiger charge is -2.57. The van der Waals surface area contributed by atoms with Crippen LogP contribution in [0.3, 0.4) is 0 Å². The number of allylic oxidation sites excluding steroid dienone is 1. The molecule has 0 amide bonds. The number of fused-ring (bicyclic) bond motifs is 5. The van der Waals surface area contributed by atoms with Crippen LogP contribution < -0.4 is 0 Å². The standard InChI is InChI=1S/C28H38O5S/c1-18-5-8-21(9-6-18)34(30,31)33-20-13-15-27(2)19(17-20)7-10-22-23-11-12-25(26(29)32-4)28(23,3)16-14-24(22)27/h5-9,20,22-25H,10-17H2,1-4H3/t20?,22-,23-,24+,25?,27-,28-/m0/s1. The number of hydrogen-bond donors (Lipinski definition) is 0. The first-order valence-electron chi connectivity index (χ1n) is 12.9. The molecule has 6 heteroatoms. The molecule has 0 bridgehead atoms. The zero-order valence-electron chi connectivity index (χ0n) is 20.9. The fraction of sp³-hybridized carbons (Fsp3) is 0.679. The highest BCUT2D eigenvalue weighted by Gasteiger charge is 2.60. The Morgan fingerprint density at radius 3 is 2.44 bits per heavy atom. The topological polar surface area (TPSA) is 69.7 Å². The molecular weight excluding hydrogens is 448 g/mol. The molecule has 1 aromatic rings. The van der Waals surface area contributed by atoms with Crippen molar-refractivity contribution in [1.29, 1.82) is 0 Å². The summed E-state index contributed by atoms with van der Waals surface area (Å²) in [5.41, 5.74) is 2.55. The summed E-state index contributed by atoms with van der Waals surface area (Å²) in [6.45, 7) is 6.66. The average Bonchev–Trinajstić information content (AvgIpc) is 3.16. The van der Waals surface area contributed by atoms with Gasteiger partial charge in [-0.1, -0.05) is 43.2 Å². The number of rotatable bonds is 4. The molecule has 2 unspecified atom stereocenters. The Labute approximate surface area is 204 Å². The van der Waals surface area contributed by atoms with Crippen LogP contribution in [-0.4, -0.2) is 27.6 Å². The molecule has 0 saturated heterocycles. The highest BCUT2D eigenvalue weighted by Crippen LogP contribution is 2.66. The Morgan fingerprint density at radius 1 is 1.00 bits per heavy atom. The van der Waals surface area contributed by atoms with Crippen LogP contribution in [0.5, 0.6) is 0 Å². The Balaban J connectivity index is 1.33. The molecule has 34 heavy (non-hydrogen) atoms. The summed E-state index contributed by atoms with van der Waals surface area (Å²) >= 11 is 0. The van der Waals surface area contributed by atoms with Gasteiger partial charge in [0.05, 0.1) is 24.0 Å². The van der Waals surface area contributed by atoms with E-state index in [1.165, 1.54) is 12.7 Å². The van der Waals surface area contributed by atoms with Crippen molar-refractivity contribution in [3.05, 3.63) is 41.5 Å². The summed E-state index contributed by atoms with van der Waals surface area (Å²) in [6.07, 6.45) is 9.79. The van der Waals surface area contributed by atoms with E-state index in [0.29, 0.717) is 24.2 Å². The van der Waals surface area contributed by atoms with Crippen molar-refractivity contribution in [3.8, 4) is 0 Å². The summed E-state index contributed by atoms with van der Waals surface area (Å²) < 4.78 is 36.7. The maximum atomic E-state index is 12.9. The smallest absolute Gasteiger partial charge is 0.309 e. The molecule has 0 aromatic heterocycles. The van der Waals surface area contributed by atoms with E-state index in [0.717, 1.165) is 50.5 Å². The lowest BCUT2D eigenvalue weighted by molar-refractivity contribution is -0.152. The average molecular weight is 487 g/mol. The molecule has 0 N–H and O–H groups in total. The van der Waals surface area contributed by atoms with Gasteiger partial charge in [0.15, 0.2) is 0 Å². The summed E-state index contributed by atoms with van der Waals surface area (Å²) in [4.78, 5) is 12.7. The first kappa shape index (κ1) is 24.1. The SMILES string of the molecule is COC(=O)C1CC[C@H]2[C@@H]3CC=C4CC(OS(=O)(=O)c5ccc(C)cc5)CC[C@]4(C)[C@@H]3CC[C@]12C. The maximum absolute atomic E-state index is 12.9. The maximum Gasteiger partial charge on any atom is 0.309 e. The summed E-state index contributed by atoms with van der Waals surface area (Å²) in [7, 11) is -2.25. The Bertz CT molecular complexity index is 1090. The molecule has 0 heterocycles. The van der Waals surface area contributed by atoms with Crippen LogP contribution in [0.4, 0.5) is 0 Å². The molecule has 0 spiro atoms. The van der Waals surface area contributed by atoms with Crippen molar-refractivity contribution >= 4 is 16.1 Å². The molecule has 3 saturated carbocycles. The molecule has 0 radical (unpaired) electrons. The quantitative estimate of drug-likeness (QED) is 0.305. The van der Waals surface area contributed by atoms with E-state index < -0.39 is 10.1 Å². The number of hydrogen-bond acceptors (Lipinski definition) is 5. The Morgan fingerprint density at radius 2 is 1.74 bits per heavy atom. The molecule has 7 atom stereocenters. The van der Waals surface area contributed by atoms with Crippen molar-refractivity contribution in [2.75, 3.05) is 7.11 Å². The zero-order valence-corrected chi connectivity index (χ0v) is 21.7. The second kappa shape index (κ2) is 8.48. The highest BCUT2D eigenvalue weighted by molar-refractivity contribution is 7.86. The van der Waals surface area contributed by atoms with E-state index >= 15 is 0 Å². The second-order valence-corrected chi connectivity index (χ2v) is 13.3. The van der Waals surface area contributed by atoms with Crippen LogP contribution >= 0.6 is 0 Å². The number of carbonyl (C=O) groups excluding carboxylic acids is 1. The van der Waals surface area contributed by atoms with Crippen LogP contribution in [0.15, 0.2) is 40.8 Å². The van der Waals surface area contributed by atoms with Crippen molar-refractivity contribution in [2.24, 2.45) is 34.5 Å². The van der Waals surface area contributed by atoms with Gasteiger partial charge >= 0.3 is 5.97 Å². The number of aryl methyl sites for hydroxylation is 1. The lowest BCUT2D eigenvalue weighted by Crippen LogP contribution is -2.51. The molecule has 5 nitrogen and oxygen atoms in total. The monoisotopic (exact) mass is 486 g/mol. The van der Waals surface area contributed by atoms with E-state index in [9.17, 15) is 13.2 Å². The first-order chi connectivity index (χ1) is 16.1. The first-order valence-corrected chi connectivity index (χ1v) is 14.3. The number of ether oxygens (including phenoxy) is 1. The third kappa shape index (κ3) is 3.76. The molecule has 0 aliphatic heterocycles. The fourth-order valence-corrected chi connectivity index (χ4v) is 9.28. The molecule has 4 aliphatic rings. The highest BCUT2D eigenvalue weighted by atomic mass is 32.2. The molecule has 186 valence electrons. The third-order valence-electron chi connectivity index (χ3n) is 10.1. The minimum Gasteiger partial charge on any atom is -0.469 e. The van der Waals surface area contributed by atoms with Gasteiger partial charge in [-0.3, -0.25) is 8.98 Å². The number of carbonyl (C=O) groups is 1. The summed E-state index contributed by atoms with van der Waals surface area (Å²) in [5, 5.41) is 0. The zero-order chi connectivity index (χ0) is 24.3. The van der Waals surface area contributed by atoms with E-state index in [1.807, 2.05) is 19.1 Å². The van der Waals surface area contributed by atoms with Gasteiger partial charge in [0.1, 0.15) is 0 Å². The van der Waals surface area contributed by atoms with Crippen molar-refractivity contribution in [2.45, 2.75) is 83.1 Å². The van der Waals surface area contributed by atoms with E-state index in [4.69, 9.17) is 8.92 Å². The minimum atomic E-state index is -3.77. The Hall–Kier alpha value is -1.66. The van der Waals surface area contributed by atoms with Gasteiger partial charge in [-0.15, -0.1) is 0 Å². The van der Waals surface area contributed by atoms with Gasteiger partial charge in [-0.05, 0) is 99.0 Å². The van der Waals surface area contributed by atoms with Crippen LogP contribution in [0.2, 0.25) is 0 Å². The van der Waals surface area contributed by atoms with Gasteiger partial charge in [0, 0.05) is 0 Å². The van der Waals surface area contributed by atoms with E-state index in [2.05, 4.69) is 19.9 Å².